The summed E-state index contributed by atoms with van der Waals surface area (Å²) in [5, 5.41) is 10.1. The highest BCUT2D eigenvalue weighted by Crippen LogP contribution is 2.22. The van der Waals surface area contributed by atoms with Crippen LogP contribution in [0.2, 0.25) is 0 Å². The first-order chi connectivity index (χ1) is 7.65. The van der Waals surface area contributed by atoms with E-state index < -0.39 is 6.10 Å². The highest BCUT2D eigenvalue weighted by atomic mass is 16.3. The zero-order valence-corrected chi connectivity index (χ0v) is 10.6. The number of aromatic nitrogens is 1. The Labute approximate surface area is 98.7 Å². The molecule has 1 N–H and O–H groups in total. The standard InChI is InChI=1S/C14H23NO/c1-4-12-8-6-10-15-14(12)13(16)9-5-7-11(2)3/h6,8,10-11,13,16H,4-5,7,9H2,1-3H3. The van der Waals surface area contributed by atoms with Gasteiger partial charge in [-0.25, -0.2) is 0 Å². The smallest absolute Gasteiger partial charge is 0.0962 e. The second-order valence-electron chi connectivity index (χ2n) is 4.74. The van der Waals surface area contributed by atoms with Gasteiger partial charge in [0, 0.05) is 6.20 Å². The van der Waals surface area contributed by atoms with Crippen molar-refractivity contribution in [2.45, 2.75) is 52.6 Å². The van der Waals surface area contributed by atoms with E-state index in [9.17, 15) is 5.11 Å². The lowest BCUT2D eigenvalue weighted by molar-refractivity contribution is 0.156. The Bertz CT molecular complexity index is 309. The van der Waals surface area contributed by atoms with Crippen molar-refractivity contribution in [1.29, 1.82) is 0 Å². The number of rotatable bonds is 6. The molecule has 0 saturated carbocycles. The quantitative estimate of drug-likeness (QED) is 0.797. The van der Waals surface area contributed by atoms with Crippen LogP contribution in [-0.4, -0.2) is 10.1 Å². The molecule has 1 atom stereocenters. The van der Waals surface area contributed by atoms with Gasteiger partial charge in [-0.1, -0.05) is 39.7 Å². The van der Waals surface area contributed by atoms with Crippen molar-refractivity contribution in [1.82, 2.24) is 4.98 Å². The average Bonchev–Trinajstić information content (AvgIpc) is 2.28. The van der Waals surface area contributed by atoms with Gasteiger partial charge in [0.15, 0.2) is 0 Å². The maximum absolute atomic E-state index is 10.1. The first-order valence-corrected chi connectivity index (χ1v) is 6.27. The van der Waals surface area contributed by atoms with Crippen molar-refractivity contribution in [2.75, 3.05) is 0 Å². The van der Waals surface area contributed by atoms with E-state index in [-0.39, 0.29) is 0 Å². The van der Waals surface area contributed by atoms with Crippen LogP contribution in [-0.2, 0) is 6.42 Å². The van der Waals surface area contributed by atoms with Crippen LogP contribution < -0.4 is 0 Å². The Kier molecular flexibility index (Phi) is 5.47. The van der Waals surface area contributed by atoms with Gasteiger partial charge in [0.1, 0.15) is 0 Å². The average molecular weight is 221 g/mol. The number of hydrogen-bond donors (Lipinski definition) is 1. The lowest BCUT2D eigenvalue weighted by Gasteiger charge is -2.14. The molecule has 2 nitrogen and oxygen atoms in total. The number of aliphatic hydroxyl groups excluding tert-OH is 1. The molecule has 0 aliphatic carbocycles. The van der Waals surface area contributed by atoms with Crippen molar-refractivity contribution in [2.24, 2.45) is 5.92 Å². The molecule has 16 heavy (non-hydrogen) atoms. The molecule has 0 spiro atoms. The Hall–Kier alpha value is -0.890. The lowest BCUT2D eigenvalue weighted by Crippen LogP contribution is -2.05. The van der Waals surface area contributed by atoms with Crippen molar-refractivity contribution in [3.05, 3.63) is 29.6 Å². The molecule has 0 fully saturated rings. The van der Waals surface area contributed by atoms with Crippen LogP contribution >= 0.6 is 0 Å². The van der Waals surface area contributed by atoms with Crippen molar-refractivity contribution >= 4 is 0 Å². The Balaban J connectivity index is 2.55. The van der Waals surface area contributed by atoms with Gasteiger partial charge >= 0.3 is 0 Å². The van der Waals surface area contributed by atoms with E-state index in [2.05, 4.69) is 25.8 Å². The predicted octanol–water partition coefficient (Wildman–Crippen LogP) is 3.50. The molecular formula is C14H23NO. The fraction of sp³-hybridized carbons (Fsp3) is 0.643. The van der Waals surface area contributed by atoms with Gasteiger partial charge in [-0.3, -0.25) is 4.98 Å². The third-order valence-electron chi connectivity index (χ3n) is 2.88. The van der Waals surface area contributed by atoms with Gasteiger partial charge in [0.2, 0.25) is 0 Å². The maximum Gasteiger partial charge on any atom is 0.0962 e. The van der Waals surface area contributed by atoms with Crippen LogP contribution in [0.4, 0.5) is 0 Å². The maximum atomic E-state index is 10.1. The van der Waals surface area contributed by atoms with Gasteiger partial charge in [0.05, 0.1) is 11.8 Å². The van der Waals surface area contributed by atoms with Crippen molar-refractivity contribution < 1.29 is 5.11 Å². The van der Waals surface area contributed by atoms with E-state index in [1.807, 2.05) is 12.1 Å². The van der Waals surface area contributed by atoms with Gasteiger partial charge in [-0.15, -0.1) is 0 Å². The first-order valence-electron chi connectivity index (χ1n) is 6.27. The fourth-order valence-electron chi connectivity index (χ4n) is 1.91. The van der Waals surface area contributed by atoms with E-state index in [1.165, 1.54) is 12.0 Å². The second-order valence-corrected chi connectivity index (χ2v) is 4.74. The van der Waals surface area contributed by atoms with E-state index in [4.69, 9.17) is 0 Å². The van der Waals surface area contributed by atoms with Crippen LogP contribution in [0.3, 0.4) is 0 Å². The normalized spacial score (nSPS) is 13.1. The predicted molar refractivity (Wildman–Crippen MR) is 67.3 cm³/mol. The highest BCUT2D eigenvalue weighted by Gasteiger charge is 2.12. The van der Waals surface area contributed by atoms with Gasteiger partial charge in [-0.05, 0) is 30.4 Å². The molecule has 0 aliphatic heterocycles. The van der Waals surface area contributed by atoms with Crippen LogP contribution in [0.15, 0.2) is 18.3 Å². The Morgan fingerprint density at radius 2 is 2.06 bits per heavy atom. The molecule has 0 aromatic carbocycles. The van der Waals surface area contributed by atoms with Crippen LogP contribution in [0, 0.1) is 5.92 Å². The number of aliphatic hydroxyl groups is 1. The molecule has 0 amide bonds. The Morgan fingerprint density at radius 1 is 1.31 bits per heavy atom. The molecule has 2 heteroatoms. The molecule has 1 aromatic rings. The van der Waals surface area contributed by atoms with Crippen LogP contribution in [0.1, 0.15) is 57.4 Å². The molecule has 0 radical (unpaired) electrons. The second kappa shape index (κ2) is 6.64. The molecule has 1 heterocycles. The summed E-state index contributed by atoms with van der Waals surface area (Å²) in [6, 6.07) is 3.98. The molecule has 90 valence electrons. The minimum Gasteiger partial charge on any atom is -0.387 e. The van der Waals surface area contributed by atoms with Crippen LogP contribution in [0.25, 0.3) is 0 Å². The summed E-state index contributed by atoms with van der Waals surface area (Å²) in [6.45, 7) is 6.52. The topological polar surface area (TPSA) is 33.1 Å². The molecule has 0 bridgehead atoms. The molecule has 1 unspecified atom stereocenters. The summed E-state index contributed by atoms with van der Waals surface area (Å²) in [7, 11) is 0. The monoisotopic (exact) mass is 221 g/mol. The largest absolute Gasteiger partial charge is 0.387 e. The van der Waals surface area contributed by atoms with E-state index in [0.29, 0.717) is 5.92 Å². The first kappa shape index (κ1) is 13.2. The molecule has 0 aliphatic rings. The summed E-state index contributed by atoms with van der Waals surface area (Å²) in [4.78, 5) is 4.30. The molecular weight excluding hydrogens is 198 g/mol. The summed E-state index contributed by atoms with van der Waals surface area (Å²) >= 11 is 0. The fourth-order valence-corrected chi connectivity index (χ4v) is 1.91. The number of pyridine rings is 1. The summed E-state index contributed by atoms with van der Waals surface area (Å²) in [6.07, 6.45) is 5.37. The molecule has 0 saturated heterocycles. The third-order valence-corrected chi connectivity index (χ3v) is 2.88. The zero-order chi connectivity index (χ0) is 12.0. The minimum absolute atomic E-state index is 0.394. The highest BCUT2D eigenvalue weighted by molar-refractivity contribution is 5.21. The molecule has 1 aromatic heterocycles. The van der Waals surface area contributed by atoms with E-state index in [1.54, 1.807) is 6.20 Å². The van der Waals surface area contributed by atoms with Gasteiger partial charge in [0.25, 0.3) is 0 Å². The van der Waals surface area contributed by atoms with Crippen LogP contribution in [0.5, 0.6) is 0 Å². The van der Waals surface area contributed by atoms with Gasteiger partial charge in [-0.2, -0.15) is 0 Å². The van der Waals surface area contributed by atoms with Gasteiger partial charge < -0.3 is 5.11 Å². The molecule has 1 rings (SSSR count). The lowest BCUT2D eigenvalue weighted by atomic mass is 10.00. The summed E-state index contributed by atoms with van der Waals surface area (Å²) in [5.74, 6) is 0.710. The Morgan fingerprint density at radius 3 is 2.69 bits per heavy atom. The van der Waals surface area contributed by atoms with E-state index in [0.717, 1.165) is 25.0 Å². The number of hydrogen-bond acceptors (Lipinski definition) is 2. The number of nitrogens with zero attached hydrogens (tertiary/aromatic N) is 1. The summed E-state index contributed by atoms with van der Waals surface area (Å²) < 4.78 is 0. The summed E-state index contributed by atoms with van der Waals surface area (Å²) in [5.41, 5.74) is 2.04. The van der Waals surface area contributed by atoms with E-state index >= 15 is 0 Å². The SMILES string of the molecule is CCc1cccnc1C(O)CCCC(C)C. The number of aryl methyl sites for hydroxylation is 1. The van der Waals surface area contributed by atoms with Crippen molar-refractivity contribution in [3.8, 4) is 0 Å². The zero-order valence-electron chi connectivity index (χ0n) is 10.6. The van der Waals surface area contributed by atoms with Crippen molar-refractivity contribution in [3.63, 3.8) is 0 Å². The third kappa shape index (κ3) is 3.93. The minimum atomic E-state index is -0.394.